The van der Waals surface area contributed by atoms with Crippen LogP contribution >= 0.6 is 0 Å². The second kappa shape index (κ2) is 7.74. The SMILES string of the molecule is CCCNS(=O)(=O)c1ccccc1NC(CC)(CO)CO. The van der Waals surface area contributed by atoms with Gasteiger partial charge in [0.1, 0.15) is 4.90 Å². The third-order valence-electron chi connectivity index (χ3n) is 3.40. The maximum atomic E-state index is 12.3. The highest BCUT2D eigenvalue weighted by Crippen LogP contribution is 2.25. The number of nitrogens with one attached hydrogen (secondary N) is 2. The fourth-order valence-electron chi connectivity index (χ4n) is 1.85. The van der Waals surface area contributed by atoms with Gasteiger partial charge in [-0.15, -0.1) is 0 Å². The predicted molar refractivity (Wildman–Crippen MR) is 82.7 cm³/mol. The van der Waals surface area contributed by atoms with E-state index in [-0.39, 0.29) is 18.1 Å². The lowest BCUT2D eigenvalue weighted by Gasteiger charge is -2.31. The smallest absolute Gasteiger partial charge is 0.242 e. The van der Waals surface area contributed by atoms with Gasteiger partial charge >= 0.3 is 0 Å². The van der Waals surface area contributed by atoms with Crippen molar-refractivity contribution in [3.05, 3.63) is 24.3 Å². The Hall–Kier alpha value is -1.15. The van der Waals surface area contributed by atoms with Gasteiger partial charge in [0, 0.05) is 6.54 Å². The minimum Gasteiger partial charge on any atom is -0.394 e. The standard InChI is InChI=1S/C14H24N2O4S/c1-3-9-15-21(19,20)13-8-6-5-7-12(13)16-14(4-2,10-17)11-18/h5-8,15-18H,3-4,9-11H2,1-2H3. The summed E-state index contributed by atoms with van der Waals surface area (Å²) >= 11 is 0. The molecule has 0 unspecified atom stereocenters. The molecule has 21 heavy (non-hydrogen) atoms. The molecule has 1 rings (SSSR count). The van der Waals surface area contributed by atoms with Gasteiger partial charge < -0.3 is 15.5 Å². The molecule has 0 heterocycles. The predicted octanol–water partition coefficient (Wildman–Crippen LogP) is 0.920. The van der Waals surface area contributed by atoms with E-state index in [0.29, 0.717) is 25.1 Å². The lowest BCUT2D eigenvalue weighted by atomic mass is 9.98. The van der Waals surface area contributed by atoms with Gasteiger partial charge in [0.25, 0.3) is 0 Å². The summed E-state index contributed by atoms with van der Waals surface area (Å²) in [6.45, 7) is 3.46. The first-order chi connectivity index (χ1) is 9.94. The summed E-state index contributed by atoms with van der Waals surface area (Å²) < 4.78 is 27.1. The summed E-state index contributed by atoms with van der Waals surface area (Å²) in [6, 6.07) is 6.46. The summed E-state index contributed by atoms with van der Waals surface area (Å²) in [7, 11) is -3.63. The fraction of sp³-hybridized carbons (Fsp3) is 0.571. The first-order valence-electron chi connectivity index (χ1n) is 7.03. The largest absolute Gasteiger partial charge is 0.394 e. The van der Waals surface area contributed by atoms with E-state index in [0.717, 1.165) is 0 Å². The topological polar surface area (TPSA) is 98.7 Å². The minimum absolute atomic E-state index is 0.109. The Kier molecular flexibility index (Phi) is 6.60. The molecule has 1 aromatic carbocycles. The highest BCUT2D eigenvalue weighted by atomic mass is 32.2. The van der Waals surface area contributed by atoms with Crippen molar-refractivity contribution in [1.29, 1.82) is 0 Å². The van der Waals surface area contributed by atoms with Crippen molar-refractivity contribution in [2.24, 2.45) is 0 Å². The van der Waals surface area contributed by atoms with E-state index in [9.17, 15) is 18.6 Å². The van der Waals surface area contributed by atoms with Crippen molar-refractivity contribution in [2.45, 2.75) is 37.1 Å². The van der Waals surface area contributed by atoms with Crippen molar-refractivity contribution in [2.75, 3.05) is 25.1 Å². The number of aliphatic hydroxyl groups excluding tert-OH is 2. The molecule has 0 saturated heterocycles. The van der Waals surface area contributed by atoms with Gasteiger partial charge in [-0.2, -0.15) is 0 Å². The number of hydrogen-bond donors (Lipinski definition) is 4. The van der Waals surface area contributed by atoms with E-state index < -0.39 is 15.6 Å². The molecule has 1 aromatic rings. The molecule has 120 valence electrons. The third-order valence-corrected chi connectivity index (χ3v) is 4.92. The van der Waals surface area contributed by atoms with Crippen LogP contribution in [0.2, 0.25) is 0 Å². The van der Waals surface area contributed by atoms with E-state index in [1.165, 1.54) is 6.07 Å². The molecule has 0 fully saturated rings. The molecule has 0 aliphatic heterocycles. The number of hydrogen-bond acceptors (Lipinski definition) is 5. The van der Waals surface area contributed by atoms with E-state index in [2.05, 4.69) is 10.0 Å². The van der Waals surface area contributed by atoms with Gasteiger partial charge in [-0.25, -0.2) is 13.1 Å². The molecule has 4 N–H and O–H groups in total. The maximum Gasteiger partial charge on any atom is 0.242 e. The Morgan fingerprint density at radius 3 is 2.29 bits per heavy atom. The van der Waals surface area contributed by atoms with Crippen LogP contribution in [0.4, 0.5) is 5.69 Å². The van der Waals surface area contributed by atoms with Gasteiger partial charge in [0.05, 0.1) is 24.4 Å². The zero-order valence-electron chi connectivity index (χ0n) is 12.5. The number of para-hydroxylation sites is 1. The Morgan fingerprint density at radius 1 is 1.14 bits per heavy atom. The molecule has 0 saturated carbocycles. The first-order valence-corrected chi connectivity index (χ1v) is 8.51. The van der Waals surface area contributed by atoms with E-state index in [4.69, 9.17) is 0 Å². The van der Waals surface area contributed by atoms with Crippen molar-refractivity contribution in [1.82, 2.24) is 4.72 Å². The highest BCUT2D eigenvalue weighted by molar-refractivity contribution is 7.89. The van der Waals surface area contributed by atoms with Crippen LogP contribution in [-0.4, -0.2) is 43.9 Å². The molecule has 0 aromatic heterocycles. The third kappa shape index (κ3) is 4.41. The number of sulfonamides is 1. The van der Waals surface area contributed by atoms with Crippen molar-refractivity contribution in [3.63, 3.8) is 0 Å². The Morgan fingerprint density at radius 2 is 1.76 bits per heavy atom. The molecule has 6 nitrogen and oxygen atoms in total. The average molecular weight is 316 g/mol. The zero-order valence-corrected chi connectivity index (χ0v) is 13.3. The van der Waals surface area contributed by atoms with Crippen molar-refractivity contribution < 1.29 is 18.6 Å². The minimum atomic E-state index is -3.63. The summed E-state index contributed by atoms with van der Waals surface area (Å²) in [5.41, 5.74) is -0.581. The molecule has 0 aliphatic rings. The van der Waals surface area contributed by atoms with E-state index in [1.54, 1.807) is 18.2 Å². The average Bonchev–Trinajstić information content (AvgIpc) is 2.51. The fourth-order valence-corrected chi connectivity index (χ4v) is 3.14. The lowest BCUT2D eigenvalue weighted by molar-refractivity contribution is 0.132. The Labute approximate surface area is 126 Å². The zero-order chi connectivity index (χ0) is 15.9. The van der Waals surface area contributed by atoms with Gasteiger partial charge in [-0.05, 0) is 25.0 Å². The molecule has 0 atom stereocenters. The molecular weight excluding hydrogens is 292 g/mol. The quantitative estimate of drug-likeness (QED) is 0.543. The van der Waals surface area contributed by atoms with Crippen LogP contribution in [0.25, 0.3) is 0 Å². The highest BCUT2D eigenvalue weighted by Gasteiger charge is 2.28. The number of rotatable bonds is 9. The van der Waals surface area contributed by atoms with Crippen LogP contribution in [0, 0.1) is 0 Å². The van der Waals surface area contributed by atoms with E-state index >= 15 is 0 Å². The summed E-state index contributed by atoms with van der Waals surface area (Å²) in [5.74, 6) is 0. The van der Waals surface area contributed by atoms with Gasteiger partial charge in [0.2, 0.25) is 10.0 Å². The molecule has 7 heteroatoms. The van der Waals surface area contributed by atoms with Gasteiger partial charge in [-0.3, -0.25) is 0 Å². The van der Waals surface area contributed by atoms with Crippen LogP contribution in [-0.2, 0) is 10.0 Å². The maximum absolute atomic E-state index is 12.3. The molecular formula is C14H24N2O4S. The Balaban J connectivity index is 3.16. The van der Waals surface area contributed by atoms with Crippen LogP contribution in [0.5, 0.6) is 0 Å². The summed E-state index contributed by atoms with van der Waals surface area (Å²) in [6.07, 6.45) is 1.15. The Bertz CT molecular complexity index is 533. The molecule has 0 radical (unpaired) electrons. The van der Waals surface area contributed by atoms with E-state index in [1.807, 2.05) is 13.8 Å². The van der Waals surface area contributed by atoms with Crippen LogP contribution in [0.15, 0.2) is 29.2 Å². The lowest BCUT2D eigenvalue weighted by Crippen LogP contribution is -2.45. The van der Waals surface area contributed by atoms with Crippen molar-refractivity contribution >= 4 is 15.7 Å². The molecule has 0 spiro atoms. The number of anilines is 1. The second-order valence-electron chi connectivity index (χ2n) is 4.97. The molecule has 0 amide bonds. The van der Waals surface area contributed by atoms with Crippen LogP contribution < -0.4 is 10.0 Å². The van der Waals surface area contributed by atoms with Crippen LogP contribution in [0.1, 0.15) is 26.7 Å². The first kappa shape index (κ1) is 17.9. The summed E-state index contributed by atoms with van der Waals surface area (Å²) in [4.78, 5) is 0.109. The van der Waals surface area contributed by atoms with Gasteiger partial charge in [-0.1, -0.05) is 26.0 Å². The second-order valence-corrected chi connectivity index (χ2v) is 6.70. The van der Waals surface area contributed by atoms with Crippen molar-refractivity contribution in [3.8, 4) is 0 Å². The van der Waals surface area contributed by atoms with Crippen LogP contribution in [0.3, 0.4) is 0 Å². The monoisotopic (exact) mass is 316 g/mol. The normalized spacial score (nSPS) is 12.4. The number of benzene rings is 1. The summed E-state index contributed by atoms with van der Waals surface area (Å²) in [5, 5.41) is 21.9. The number of aliphatic hydroxyl groups is 2. The van der Waals surface area contributed by atoms with Gasteiger partial charge in [0.15, 0.2) is 0 Å². The molecule has 0 bridgehead atoms. The molecule has 0 aliphatic carbocycles.